The minimum absolute atomic E-state index is 0.0173. The Morgan fingerprint density at radius 3 is 2.59 bits per heavy atom. The van der Waals surface area contributed by atoms with E-state index in [9.17, 15) is 14.0 Å². The van der Waals surface area contributed by atoms with Crippen molar-refractivity contribution in [3.8, 4) is 0 Å². The largest absolute Gasteiger partial charge is 0.293 e. The van der Waals surface area contributed by atoms with Gasteiger partial charge in [0.15, 0.2) is 10.9 Å². The van der Waals surface area contributed by atoms with Gasteiger partial charge in [-0.1, -0.05) is 54.2 Å². The first-order chi connectivity index (χ1) is 13.0. The second kappa shape index (κ2) is 8.31. The van der Waals surface area contributed by atoms with Crippen molar-refractivity contribution in [1.29, 1.82) is 0 Å². The van der Waals surface area contributed by atoms with Crippen molar-refractivity contribution in [1.82, 2.24) is 9.55 Å². The molecule has 0 radical (unpaired) electrons. The molecule has 0 atom stereocenters. The molecule has 0 aliphatic carbocycles. The van der Waals surface area contributed by atoms with Gasteiger partial charge in [-0.2, -0.15) is 0 Å². The number of hydrogen-bond donors (Lipinski definition) is 0. The standard InChI is InChI=1S/C21H19FN2O2S/c1-14-18(12-15-7-6-10-17(22)11-15)20(26)24(2)21(23-14)27-13-19(25)16-8-4-3-5-9-16/h3-11H,12-13H2,1-2H3. The molecule has 6 heteroatoms. The Hall–Kier alpha value is -2.73. The van der Waals surface area contributed by atoms with Gasteiger partial charge in [0.05, 0.1) is 5.75 Å². The fourth-order valence-electron chi connectivity index (χ4n) is 2.75. The maximum atomic E-state index is 13.4. The van der Waals surface area contributed by atoms with E-state index in [1.807, 2.05) is 18.2 Å². The van der Waals surface area contributed by atoms with Crippen molar-refractivity contribution in [3.63, 3.8) is 0 Å². The van der Waals surface area contributed by atoms with Gasteiger partial charge in [0.1, 0.15) is 5.82 Å². The van der Waals surface area contributed by atoms with E-state index in [2.05, 4.69) is 4.98 Å². The number of ketones is 1. The molecule has 0 unspecified atom stereocenters. The summed E-state index contributed by atoms with van der Waals surface area (Å²) in [5, 5.41) is 0.491. The normalized spacial score (nSPS) is 10.8. The summed E-state index contributed by atoms with van der Waals surface area (Å²) in [7, 11) is 1.64. The summed E-state index contributed by atoms with van der Waals surface area (Å²) in [6.07, 6.45) is 0.317. The van der Waals surface area contributed by atoms with Crippen LogP contribution in [0.3, 0.4) is 0 Å². The summed E-state index contributed by atoms with van der Waals surface area (Å²) in [6, 6.07) is 15.2. The van der Waals surface area contributed by atoms with E-state index in [4.69, 9.17) is 0 Å². The monoisotopic (exact) mass is 382 g/mol. The third-order valence-corrected chi connectivity index (χ3v) is 5.28. The average Bonchev–Trinajstić information content (AvgIpc) is 2.67. The number of thioether (sulfide) groups is 1. The molecule has 3 rings (SSSR count). The molecule has 1 heterocycles. The fourth-order valence-corrected chi connectivity index (χ4v) is 3.66. The maximum Gasteiger partial charge on any atom is 0.257 e. The predicted molar refractivity (Wildman–Crippen MR) is 105 cm³/mol. The molecule has 0 saturated heterocycles. The lowest BCUT2D eigenvalue weighted by Gasteiger charge is -2.12. The van der Waals surface area contributed by atoms with Gasteiger partial charge in [0.2, 0.25) is 0 Å². The second-order valence-corrected chi connectivity index (χ2v) is 7.15. The molecule has 1 aromatic heterocycles. The van der Waals surface area contributed by atoms with Crippen molar-refractivity contribution in [2.45, 2.75) is 18.5 Å². The van der Waals surface area contributed by atoms with Crippen LogP contribution in [0.1, 0.15) is 27.2 Å². The van der Waals surface area contributed by atoms with E-state index in [1.165, 1.54) is 28.5 Å². The SMILES string of the molecule is Cc1nc(SCC(=O)c2ccccc2)n(C)c(=O)c1Cc1cccc(F)c1. The molecule has 138 valence electrons. The highest BCUT2D eigenvalue weighted by Gasteiger charge is 2.15. The highest BCUT2D eigenvalue weighted by atomic mass is 32.2. The number of halogens is 1. The van der Waals surface area contributed by atoms with E-state index in [1.54, 1.807) is 38.2 Å². The zero-order valence-electron chi connectivity index (χ0n) is 15.1. The molecule has 27 heavy (non-hydrogen) atoms. The summed E-state index contributed by atoms with van der Waals surface area (Å²) in [6.45, 7) is 1.76. The minimum Gasteiger partial charge on any atom is -0.293 e. The van der Waals surface area contributed by atoms with E-state index in [0.29, 0.717) is 28.4 Å². The third kappa shape index (κ3) is 4.52. The molecule has 0 bridgehead atoms. The van der Waals surface area contributed by atoms with Gasteiger partial charge in [0, 0.05) is 30.3 Å². The van der Waals surface area contributed by atoms with Crippen molar-refractivity contribution >= 4 is 17.5 Å². The number of carbonyl (C=O) groups excluding carboxylic acids is 1. The molecule has 0 N–H and O–H groups in total. The number of nitrogens with zero attached hydrogens (tertiary/aromatic N) is 2. The van der Waals surface area contributed by atoms with Gasteiger partial charge >= 0.3 is 0 Å². The second-order valence-electron chi connectivity index (χ2n) is 6.21. The number of Topliss-reactive ketones (excluding diaryl/α,β-unsaturated/α-hetero) is 1. The van der Waals surface area contributed by atoms with Crippen LogP contribution in [0.2, 0.25) is 0 Å². The number of carbonyl (C=O) groups is 1. The molecule has 0 aliphatic heterocycles. The summed E-state index contributed by atoms with van der Waals surface area (Å²) < 4.78 is 14.8. The molecule has 0 amide bonds. The first-order valence-corrected chi connectivity index (χ1v) is 9.46. The molecule has 0 fully saturated rings. The lowest BCUT2D eigenvalue weighted by atomic mass is 10.1. The molecule has 3 aromatic rings. The van der Waals surface area contributed by atoms with E-state index >= 15 is 0 Å². The van der Waals surface area contributed by atoms with Gasteiger partial charge in [0.25, 0.3) is 5.56 Å². The number of aromatic nitrogens is 2. The van der Waals surface area contributed by atoms with E-state index < -0.39 is 0 Å². The molecular formula is C21H19FN2O2S. The van der Waals surface area contributed by atoms with Crippen LogP contribution in [-0.2, 0) is 13.5 Å². The lowest BCUT2D eigenvalue weighted by molar-refractivity contribution is 0.102. The van der Waals surface area contributed by atoms with Crippen LogP contribution < -0.4 is 5.56 Å². The zero-order chi connectivity index (χ0) is 19.4. The summed E-state index contributed by atoms with van der Waals surface area (Å²) in [4.78, 5) is 29.5. The van der Waals surface area contributed by atoms with Crippen molar-refractivity contribution < 1.29 is 9.18 Å². The molecule has 0 saturated carbocycles. The highest BCUT2D eigenvalue weighted by Crippen LogP contribution is 2.18. The number of hydrogen-bond acceptors (Lipinski definition) is 4. The predicted octanol–water partition coefficient (Wildman–Crippen LogP) is 3.79. The minimum atomic E-state index is -0.332. The van der Waals surface area contributed by atoms with Crippen LogP contribution in [0.5, 0.6) is 0 Å². The van der Waals surface area contributed by atoms with Crippen LogP contribution >= 0.6 is 11.8 Å². The Morgan fingerprint density at radius 2 is 1.89 bits per heavy atom. The topological polar surface area (TPSA) is 52.0 Å². The van der Waals surface area contributed by atoms with Crippen LogP contribution in [0.4, 0.5) is 4.39 Å². The summed E-state index contributed by atoms with van der Waals surface area (Å²) >= 11 is 1.24. The number of rotatable bonds is 6. The fraction of sp³-hybridized carbons (Fsp3) is 0.190. The number of aryl methyl sites for hydroxylation is 1. The highest BCUT2D eigenvalue weighted by molar-refractivity contribution is 7.99. The lowest BCUT2D eigenvalue weighted by Crippen LogP contribution is -2.26. The number of benzene rings is 2. The van der Waals surface area contributed by atoms with Crippen molar-refractivity contribution in [2.75, 3.05) is 5.75 Å². The molecule has 2 aromatic carbocycles. The van der Waals surface area contributed by atoms with Crippen molar-refractivity contribution in [2.24, 2.45) is 7.05 Å². The van der Waals surface area contributed by atoms with Crippen LogP contribution in [0.25, 0.3) is 0 Å². The Labute approximate surface area is 161 Å². The Bertz CT molecular complexity index is 1030. The quantitative estimate of drug-likeness (QED) is 0.370. The average molecular weight is 382 g/mol. The van der Waals surface area contributed by atoms with Gasteiger partial charge < -0.3 is 0 Å². The first kappa shape index (κ1) is 19.0. The molecule has 0 spiro atoms. The Morgan fingerprint density at radius 1 is 1.15 bits per heavy atom. The van der Waals surface area contributed by atoms with Crippen LogP contribution in [-0.4, -0.2) is 21.1 Å². The molecular weight excluding hydrogens is 363 g/mol. The van der Waals surface area contributed by atoms with Gasteiger partial charge in [-0.25, -0.2) is 9.37 Å². The van der Waals surface area contributed by atoms with Crippen molar-refractivity contribution in [3.05, 3.63) is 93.2 Å². The van der Waals surface area contributed by atoms with E-state index in [0.717, 1.165) is 5.56 Å². The molecule has 0 aliphatic rings. The zero-order valence-corrected chi connectivity index (χ0v) is 15.9. The van der Waals surface area contributed by atoms with Crippen LogP contribution in [0, 0.1) is 12.7 Å². The summed E-state index contributed by atoms with van der Waals surface area (Å²) in [5.74, 6) is -0.148. The smallest absolute Gasteiger partial charge is 0.257 e. The molecule has 4 nitrogen and oxygen atoms in total. The Kier molecular flexibility index (Phi) is 5.86. The Balaban J connectivity index is 1.80. The van der Waals surface area contributed by atoms with Gasteiger partial charge in [-0.15, -0.1) is 0 Å². The maximum absolute atomic E-state index is 13.4. The van der Waals surface area contributed by atoms with E-state index in [-0.39, 0.29) is 22.9 Å². The third-order valence-electron chi connectivity index (χ3n) is 4.25. The first-order valence-electron chi connectivity index (χ1n) is 8.47. The summed E-state index contributed by atoms with van der Waals surface area (Å²) in [5.41, 5.74) is 2.30. The van der Waals surface area contributed by atoms with Crippen LogP contribution in [0.15, 0.2) is 64.5 Å². The van der Waals surface area contributed by atoms with Gasteiger partial charge in [-0.05, 0) is 24.6 Å². The van der Waals surface area contributed by atoms with Gasteiger partial charge in [-0.3, -0.25) is 14.2 Å².